The van der Waals surface area contributed by atoms with Crippen molar-refractivity contribution < 1.29 is 13.9 Å². The molecule has 0 saturated heterocycles. The van der Waals surface area contributed by atoms with Gasteiger partial charge in [0.05, 0.1) is 7.11 Å². The molecule has 3 N–H and O–H groups in total. The number of nitrogen functional groups attached to an aromatic ring is 1. The highest BCUT2D eigenvalue weighted by atomic mass is 19.1. The summed E-state index contributed by atoms with van der Waals surface area (Å²) in [6, 6.07) is 11.2. The minimum Gasteiger partial charge on any atom is -0.497 e. The Labute approximate surface area is 122 Å². The lowest BCUT2D eigenvalue weighted by molar-refractivity contribution is 0.0954. The van der Waals surface area contributed by atoms with Gasteiger partial charge in [-0.05, 0) is 36.2 Å². The van der Waals surface area contributed by atoms with Crippen LogP contribution in [-0.4, -0.2) is 19.6 Å². The minimum absolute atomic E-state index is 0.239. The van der Waals surface area contributed by atoms with Crippen molar-refractivity contribution >= 4 is 11.6 Å². The molecular formula is C16H17FN2O2. The van der Waals surface area contributed by atoms with Crippen LogP contribution in [0.3, 0.4) is 0 Å². The fraction of sp³-hybridized carbons (Fsp3) is 0.188. The number of carbonyl (C=O) groups excluding carboxylic acids is 1. The maximum Gasteiger partial charge on any atom is 0.251 e. The van der Waals surface area contributed by atoms with Crippen molar-refractivity contribution in [2.24, 2.45) is 0 Å². The molecule has 0 aliphatic carbocycles. The van der Waals surface area contributed by atoms with Crippen LogP contribution in [0.25, 0.3) is 0 Å². The molecule has 2 aromatic carbocycles. The van der Waals surface area contributed by atoms with E-state index in [0.717, 1.165) is 5.56 Å². The second-order valence-corrected chi connectivity index (χ2v) is 4.63. The van der Waals surface area contributed by atoms with Gasteiger partial charge in [0.2, 0.25) is 0 Å². The second-order valence-electron chi connectivity index (χ2n) is 4.63. The van der Waals surface area contributed by atoms with Crippen molar-refractivity contribution in [3.63, 3.8) is 0 Å². The second kappa shape index (κ2) is 6.74. The summed E-state index contributed by atoms with van der Waals surface area (Å²) in [6.45, 7) is 0.416. The zero-order valence-corrected chi connectivity index (χ0v) is 11.7. The van der Waals surface area contributed by atoms with Gasteiger partial charge in [0.15, 0.2) is 0 Å². The summed E-state index contributed by atoms with van der Waals surface area (Å²) in [5, 5.41) is 2.77. The van der Waals surface area contributed by atoms with Crippen LogP contribution >= 0.6 is 0 Å². The highest BCUT2D eigenvalue weighted by Crippen LogP contribution is 2.18. The number of benzene rings is 2. The van der Waals surface area contributed by atoms with Gasteiger partial charge in [-0.2, -0.15) is 0 Å². The van der Waals surface area contributed by atoms with E-state index < -0.39 is 0 Å². The largest absolute Gasteiger partial charge is 0.497 e. The van der Waals surface area contributed by atoms with Crippen LogP contribution in [0.15, 0.2) is 42.5 Å². The molecule has 0 aliphatic heterocycles. The average molecular weight is 288 g/mol. The quantitative estimate of drug-likeness (QED) is 0.830. The van der Waals surface area contributed by atoms with Crippen LogP contribution in [0.4, 0.5) is 10.1 Å². The first-order chi connectivity index (χ1) is 10.1. The molecular weight excluding hydrogens is 271 g/mol. The Morgan fingerprint density at radius 3 is 2.81 bits per heavy atom. The molecule has 21 heavy (non-hydrogen) atoms. The Morgan fingerprint density at radius 2 is 2.10 bits per heavy atom. The molecule has 0 aromatic heterocycles. The lowest BCUT2D eigenvalue weighted by Crippen LogP contribution is -2.25. The van der Waals surface area contributed by atoms with Gasteiger partial charge in [0.1, 0.15) is 11.6 Å². The van der Waals surface area contributed by atoms with E-state index in [4.69, 9.17) is 10.5 Å². The summed E-state index contributed by atoms with van der Waals surface area (Å²) in [5.74, 6) is 0.0154. The lowest BCUT2D eigenvalue weighted by Gasteiger charge is -2.08. The summed E-state index contributed by atoms with van der Waals surface area (Å²) >= 11 is 0. The van der Waals surface area contributed by atoms with Crippen LogP contribution < -0.4 is 15.8 Å². The molecule has 110 valence electrons. The van der Waals surface area contributed by atoms with Gasteiger partial charge in [0, 0.05) is 23.9 Å². The van der Waals surface area contributed by atoms with Crippen molar-refractivity contribution in [2.45, 2.75) is 6.42 Å². The van der Waals surface area contributed by atoms with E-state index in [-0.39, 0.29) is 11.7 Å². The molecule has 0 fully saturated rings. The zero-order valence-electron chi connectivity index (χ0n) is 11.7. The van der Waals surface area contributed by atoms with E-state index in [2.05, 4.69) is 5.32 Å². The Kier molecular flexibility index (Phi) is 4.77. The third-order valence-corrected chi connectivity index (χ3v) is 3.02. The third-order valence-electron chi connectivity index (χ3n) is 3.02. The number of anilines is 1. The number of methoxy groups -OCH3 is 1. The maximum atomic E-state index is 13.0. The average Bonchev–Trinajstić information content (AvgIpc) is 2.46. The van der Waals surface area contributed by atoms with Crippen molar-refractivity contribution in [3.8, 4) is 5.75 Å². The van der Waals surface area contributed by atoms with Crippen molar-refractivity contribution in [2.75, 3.05) is 19.4 Å². The van der Waals surface area contributed by atoms with Crippen LogP contribution in [-0.2, 0) is 6.42 Å². The maximum absolute atomic E-state index is 13.0. The van der Waals surface area contributed by atoms with Gasteiger partial charge in [-0.3, -0.25) is 4.79 Å². The van der Waals surface area contributed by atoms with E-state index in [0.29, 0.717) is 30.0 Å². The third kappa shape index (κ3) is 4.21. The summed E-state index contributed by atoms with van der Waals surface area (Å²) < 4.78 is 18.1. The minimum atomic E-state index is -0.278. The van der Waals surface area contributed by atoms with Crippen LogP contribution in [0.2, 0.25) is 0 Å². The van der Waals surface area contributed by atoms with E-state index in [1.165, 1.54) is 19.2 Å². The van der Waals surface area contributed by atoms with Crippen LogP contribution in [0.5, 0.6) is 5.75 Å². The number of hydrogen-bond acceptors (Lipinski definition) is 3. The van der Waals surface area contributed by atoms with E-state index >= 15 is 0 Å². The van der Waals surface area contributed by atoms with Crippen molar-refractivity contribution in [3.05, 3.63) is 59.4 Å². The monoisotopic (exact) mass is 288 g/mol. The lowest BCUT2D eigenvalue weighted by atomic mass is 10.1. The molecule has 0 heterocycles. The fourth-order valence-electron chi connectivity index (χ4n) is 1.99. The van der Waals surface area contributed by atoms with Crippen molar-refractivity contribution in [1.82, 2.24) is 5.32 Å². The van der Waals surface area contributed by atoms with Gasteiger partial charge in [-0.1, -0.05) is 12.1 Å². The normalized spacial score (nSPS) is 10.2. The fourth-order valence-corrected chi connectivity index (χ4v) is 1.99. The molecule has 5 heteroatoms. The molecule has 0 atom stereocenters. The predicted molar refractivity (Wildman–Crippen MR) is 79.8 cm³/mol. The molecule has 0 aliphatic rings. The summed E-state index contributed by atoms with van der Waals surface area (Å²) in [6.07, 6.45) is 0.558. The smallest absolute Gasteiger partial charge is 0.251 e. The summed E-state index contributed by atoms with van der Waals surface area (Å²) in [4.78, 5) is 12.0. The van der Waals surface area contributed by atoms with Crippen LogP contribution in [0.1, 0.15) is 15.9 Å². The number of nitrogens with one attached hydrogen (secondary N) is 1. The van der Waals surface area contributed by atoms with Gasteiger partial charge < -0.3 is 15.8 Å². The number of halogens is 1. The standard InChI is InChI=1S/C16H17FN2O2/c1-21-15-9-12(8-14(18)10-15)16(20)19-6-5-11-3-2-4-13(17)7-11/h2-4,7-10H,5-6,18H2,1H3,(H,19,20). The van der Waals surface area contributed by atoms with Gasteiger partial charge in [0.25, 0.3) is 5.91 Å². The van der Waals surface area contributed by atoms with E-state index in [1.54, 1.807) is 24.3 Å². The molecule has 4 nitrogen and oxygen atoms in total. The number of ether oxygens (including phenoxy) is 1. The number of nitrogens with two attached hydrogens (primary N) is 1. The molecule has 0 radical (unpaired) electrons. The molecule has 0 saturated carbocycles. The summed E-state index contributed by atoms with van der Waals surface area (Å²) in [7, 11) is 1.51. The molecule has 2 rings (SSSR count). The van der Waals surface area contributed by atoms with E-state index in [1.807, 2.05) is 6.07 Å². The topological polar surface area (TPSA) is 64.3 Å². The number of hydrogen-bond donors (Lipinski definition) is 2. The SMILES string of the molecule is COc1cc(N)cc(C(=O)NCCc2cccc(F)c2)c1. The van der Waals surface area contributed by atoms with Crippen molar-refractivity contribution in [1.29, 1.82) is 0 Å². The van der Waals surface area contributed by atoms with Crippen LogP contribution in [0, 0.1) is 5.82 Å². The molecule has 0 bridgehead atoms. The highest BCUT2D eigenvalue weighted by Gasteiger charge is 2.08. The first-order valence-corrected chi connectivity index (χ1v) is 6.55. The molecule has 0 spiro atoms. The molecule has 1 amide bonds. The molecule has 0 unspecified atom stereocenters. The first kappa shape index (κ1) is 14.8. The van der Waals surface area contributed by atoms with Gasteiger partial charge >= 0.3 is 0 Å². The number of amides is 1. The Balaban J connectivity index is 1.94. The Hall–Kier alpha value is -2.56. The number of rotatable bonds is 5. The summed E-state index contributed by atoms with van der Waals surface area (Å²) in [5.41, 5.74) is 7.44. The zero-order chi connectivity index (χ0) is 15.2. The van der Waals surface area contributed by atoms with Gasteiger partial charge in [-0.15, -0.1) is 0 Å². The molecule has 2 aromatic rings. The number of carbonyl (C=O) groups is 1. The Morgan fingerprint density at radius 1 is 1.29 bits per heavy atom. The first-order valence-electron chi connectivity index (χ1n) is 6.55. The Bertz CT molecular complexity index is 644. The predicted octanol–water partition coefficient (Wildman–Crippen LogP) is 2.39. The van der Waals surface area contributed by atoms with E-state index in [9.17, 15) is 9.18 Å². The highest BCUT2D eigenvalue weighted by molar-refractivity contribution is 5.95. The van der Waals surface area contributed by atoms with Gasteiger partial charge in [-0.25, -0.2) is 4.39 Å².